The first-order valence-electron chi connectivity index (χ1n) is 9.94. The maximum absolute atomic E-state index is 13.1. The number of halogens is 4. The van der Waals surface area contributed by atoms with Gasteiger partial charge in [-0.3, -0.25) is 4.99 Å². The zero-order valence-electron chi connectivity index (χ0n) is 17.3. The van der Waals surface area contributed by atoms with Crippen molar-refractivity contribution in [3.05, 3.63) is 35.4 Å². The van der Waals surface area contributed by atoms with Gasteiger partial charge in [0.2, 0.25) is 0 Å². The Kier molecular flexibility index (Phi) is 7.86. The van der Waals surface area contributed by atoms with Gasteiger partial charge in [-0.05, 0) is 31.4 Å². The average molecular weight is 525 g/mol. The molecule has 2 aliphatic heterocycles. The lowest BCUT2D eigenvalue weighted by Gasteiger charge is -2.28. The van der Waals surface area contributed by atoms with E-state index < -0.39 is 17.2 Å². The predicted octanol–water partition coefficient (Wildman–Crippen LogP) is 4.68. The average Bonchev–Trinajstić information content (AvgIpc) is 3.28. The molecule has 1 N–H and O–H groups in total. The molecular formula is C21H31F3IN3O. The van der Waals surface area contributed by atoms with Gasteiger partial charge in [-0.25, -0.2) is 0 Å². The van der Waals surface area contributed by atoms with Crippen molar-refractivity contribution in [2.75, 3.05) is 39.4 Å². The second kappa shape index (κ2) is 9.41. The van der Waals surface area contributed by atoms with Gasteiger partial charge in [0.1, 0.15) is 0 Å². The van der Waals surface area contributed by atoms with Crippen LogP contribution in [0.25, 0.3) is 0 Å². The standard InChI is InChI=1S/C21H30F3N3O.HI/c1-4-25-18(27-10-8-20(14-27)9-11-28-15-20)26-13-19(2,3)16-6-5-7-17(12-16)21(22,23)24;/h5-7,12H,4,8-11,13-15H2,1-3H3,(H,25,26);1H. The lowest BCUT2D eigenvalue weighted by atomic mass is 9.84. The summed E-state index contributed by atoms with van der Waals surface area (Å²) in [4.78, 5) is 7.06. The van der Waals surface area contributed by atoms with Crippen LogP contribution < -0.4 is 5.32 Å². The number of hydrogen-bond donors (Lipinski definition) is 1. The molecule has 0 aliphatic carbocycles. The first-order valence-corrected chi connectivity index (χ1v) is 9.94. The molecule has 2 heterocycles. The molecule has 0 aromatic heterocycles. The number of guanidine groups is 1. The van der Waals surface area contributed by atoms with Crippen molar-refractivity contribution >= 4 is 29.9 Å². The fraction of sp³-hybridized carbons (Fsp3) is 0.667. The number of rotatable bonds is 4. The quantitative estimate of drug-likeness (QED) is 0.353. The number of ether oxygens (including phenoxy) is 1. The van der Waals surface area contributed by atoms with Crippen LogP contribution in [0.4, 0.5) is 13.2 Å². The highest BCUT2D eigenvalue weighted by Gasteiger charge is 2.42. The van der Waals surface area contributed by atoms with Crippen molar-refractivity contribution < 1.29 is 17.9 Å². The summed E-state index contributed by atoms with van der Waals surface area (Å²) in [6.07, 6.45) is -2.16. The normalized spacial score (nSPS) is 22.8. The third kappa shape index (κ3) is 5.77. The second-order valence-electron chi connectivity index (χ2n) is 8.61. The van der Waals surface area contributed by atoms with Gasteiger partial charge in [0, 0.05) is 37.1 Å². The minimum atomic E-state index is -4.34. The van der Waals surface area contributed by atoms with E-state index >= 15 is 0 Å². The van der Waals surface area contributed by atoms with E-state index in [9.17, 15) is 13.2 Å². The van der Waals surface area contributed by atoms with E-state index in [1.807, 2.05) is 20.8 Å². The Bertz CT molecular complexity index is 715. The molecular weight excluding hydrogens is 494 g/mol. The molecule has 1 atom stereocenters. The van der Waals surface area contributed by atoms with E-state index in [1.54, 1.807) is 6.07 Å². The number of alkyl halides is 3. The molecule has 29 heavy (non-hydrogen) atoms. The Morgan fingerprint density at radius 1 is 1.24 bits per heavy atom. The molecule has 1 aromatic rings. The van der Waals surface area contributed by atoms with Gasteiger partial charge in [-0.2, -0.15) is 13.2 Å². The fourth-order valence-corrected chi connectivity index (χ4v) is 3.99. The van der Waals surface area contributed by atoms with Gasteiger partial charge in [-0.1, -0.05) is 32.0 Å². The van der Waals surface area contributed by atoms with E-state index in [1.165, 1.54) is 12.1 Å². The molecule has 2 aliphatic rings. The number of likely N-dealkylation sites (tertiary alicyclic amines) is 1. The molecule has 1 aromatic carbocycles. The Hall–Kier alpha value is -1.03. The van der Waals surface area contributed by atoms with Crippen LogP contribution in [0.3, 0.4) is 0 Å². The lowest BCUT2D eigenvalue weighted by molar-refractivity contribution is -0.137. The van der Waals surface area contributed by atoms with E-state index in [0.717, 1.165) is 57.7 Å². The van der Waals surface area contributed by atoms with Crippen LogP contribution in [0.5, 0.6) is 0 Å². The molecule has 0 amide bonds. The SMILES string of the molecule is CCNC(=NCC(C)(C)c1cccc(C(F)(F)F)c1)N1CCC2(CCOC2)C1.I. The van der Waals surface area contributed by atoms with Crippen molar-refractivity contribution in [1.82, 2.24) is 10.2 Å². The summed E-state index contributed by atoms with van der Waals surface area (Å²) in [5.41, 5.74) is -0.247. The zero-order chi connectivity index (χ0) is 20.4. The van der Waals surface area contributed by atoms with Crippen LogP contribution in [0.2, 0.25) is 0 Å². The van der Waals surface area contributed by atoms with E-state index in [0.29, 0.717) is 12.1 Å². The van der Waals surface area contributed by atoms with E-state index in [4.69, 9.17) is 9.73 Å². The summed E-state index contributed by atoms with van der Waals surface area (Å²) in [5, 5.41) is 3.35. The van der Waals surface area contributed by atoms with Crippen LogP contribution in [0.1, 0.15) is 44.7 Å². The first-order chi connectivity index (χ1) is 13.2. The summed E-state index contributed by atoms with van der Waals surface area (Å²) in [7, 11) is 0. The number of nitrogens with zero attached hydrogens (tertiary/aromatic N) is 2. The van der Waals surface area contributed by atoms with Gasteiger partial charge >= 0.3 is 6.18 Å². The summed E-state index contributed by atoms with van der Waals surface area (Å²) in [6, 6.07) is 5.57. The molecule has 8 heteroatoms. The van der Waals surface area contributed by atoms with Crippen molar-refractivity contribution in [2.45, 2.75) is 45.2 Å². The molecule has 4 nitrogen and oxygen atoms in total. The molecule has 0 saturated carbocycles. The number of benzene rings is 1. The zero-order valence-corrected chi connectivity index (χ0v) is 19.6. The Morgan fingerprint density at radius 3 is 2.59 bits per heavy atom. The molecule has 2 saturated heterocycles. The molecule has 2 fully saturated rings. The molecule has 164 valence electrons. The smallest absolute Gasteiger partial charge is 0.381 e. The van der Waals surface area contributed by atoms with Crippen LogP contribution in [0.15, 0.2) is 29.3 Å². The van der Waals surface area contributed by atoms with Gasteiger partial charge in [0.05, 0.1) is 18.7 Å². The van der Waals surface area contributed by atoms with Crippen molar-refractivity contribution in [3.63, 3.8) is 0 Å². The molecule has 1 spiro atoms. The number of aliphatic imine (C=N–C) groups is 1. The van der Waals surface area contributed by atoms with Crippen LogP contribution >= 0.6 is 24.0 Å². The highest BCUT2D eigenvalue weighted by molar-refractivity contribution is 14.0. The Labute approximate surface area is 188 Å². The van der Waals surface area contributed by atoms with Gasteiger partial charge in [-0.15, -0.1) is 24.0 Å². The summed E-state index contributed by atoms with van der Waals surface area (Å²) < 4.78 is 44.8. The van der Waals surface area contributed by atoms with Crippen molar-refractivity contribution in [3.8, 4) is 0 Å². The fourth-order valence-electron chi connectivity index (χ4n) is 3.99. The van der Waals surface area contributed by atoms with Crippen molar-refractivity contribution in [1.29, 1.82) is 0 Å². The van der Waals surface area contributed by atoms with E-state index in [2.05, 4.69) is 10.2 Å². The monoisotopic (exact) mass is 525 g/mol. The van der Waals surface area contributed by atoms with Gasteiger partial charge in [0.25, 0.3) is 0 Å². The topological polar surface area (TPSA) is 36.9 Å². The first kappa shape index (κ1) is 24.2. The maximum Gasteiger partial charge on any atom is 0.416 e. The molecule has 3 rings (SSSR count). The third-order valence-corrected chi connectivity index (χ3v) is 5.85. The summed E-state index contributed by atoms with van der Waals surface area (Å²) >= 11 is 0. The Balaban J connectivity index is 0.00000300. The highest BCUT2D eigenvalue weighted by atomic mass is 127. The van der Waals surface area contributed by atoms with Crippen molar-refractivity contribution in [2.24, 2.45) is 10.4 Å². The number of nitrogens with one attached hydrogen (secondary N) is 1. The minimum absolute atomic E-state index is 0. The second-order valence-corrected chi connectivity index (χ2v) is 8.61. The lowest BCUT2D eigenvalue weighted by Crippen LogP contribution is -2.42. The molecule has 0 bridgehead atoms. The summed E-state index contributed by atoms with van der Waals surface area (Å²) in [6.45, 7) is 10.5. The maximum atomic E-state index is 13.1. The largest absolute Gasteiger partial charge is 0.416 e. The molecule has 1 unspecified atom stereocenters. The van der Waals surface area contributed by atoms with Gasteiger partial charge < -0.3 is 15.0 Å². The van der Waals surface area contributed by atoms with Crippen LogP contribution in [-0.4, -0.2) is 50.3 Å². The Morgan fingerprint density at radius 2 is 1.97 bits per heavy atom. The van der Waals surface area contributed by atoms with E-state index in [-0.39, 0.29) is 29.4 Å². The minimum Gasteiger partial charge on any atom is -0.381 e. The summed E-state index contributed by atoms with van der Waals surface area (Å²) in [5.74, 6) is 0.839. The highest BCUT2D eigenvalue weighted by Crippen LogP contribution is 2.38. The van der Waals surface area contributed by atoms with Gasteiger partial charge in [0.15, 0.2) is 5.96 Å². The molecule has 0 radical (unpaired) electrons. The van der Waals surface area contributed by atoms with Crippen LogP contribution in [-0.2, 0) is 16.3 Å². The predicted molar refractivity (Wildman–Crippen MR) is 120 cm³/mol. The third-order valence-electron chi connectivity index (χ3n) is 5.85. The number of hydrogen-bond acceptors (Lipinski definition) is 2. The van der Waals surface area contributed by atoms with Crippen LogP contribution in [0, 0.1) is 5.41 Å².